The maximum Gasteiger partial charge on any atom is 0.0377 e. The molecule has 0 radical (unpaired) electrons. The molecule has 0 unspecified atom stereocenters. The largest absolute Gasteiger partial charge is 0.374 e. The molecule has 0 aliphatic carbocycles. The summed E-state index contributed by atoms with van der Waals surface area (Å²) in [5, 5.41) is 0. The maximum absolute atomic E-state index is 5.91. The van der Waals surface area contributed by atoms with Gasteiger partial charge in [-0.05, 0) is 38.8 Å². The van der Waals surface area contributed by atoms with Crippen LogP contribution < -0.4 is 5.73 Å². The van der Waals surface area contributed by atoms with Crippen LogP contribution in [0.25, 0.3) is 0 Å². The highest BCUT2D eigenvalue weighted by atomic mass is 15.2. The van der Waals surface area contributed by atoms with Gasteiger partial charge in [-0.3, -0.25) is 4.90 Å². The molecule has 2 aliphatic heterocycles. The van der Waals surface area contributed by atoms with Gasteiger partial charge in [-0.2, -0.15) is 0 Å². The number of hydrogen-bond acceptors (Lipinski definition) is 3. The standard InChI is InChI=1S/C13H25N3/c1-12(11-15-7-3-2-4-8-15)16-9-5-13(14)6-10-16/h13H,1-11,14H2. The predicted octanol–water partition coefficient (Wildman–Crippen LogP) is 1.41. The average molecular weight is 223 g/mol. The van der Waals surface area contributed by atoms with E-state index in [0.29, 0.717) is 6.04 Å². The third-order valence-electron chi connectivity index (χ3n) is 3.84. The molecule has 0 aromatic rings. The molecule has 2 aliphatic rings. The summed E-state index contributed by atoms with van der Waals surface area (Å²) in [7, 11) is 0. The Hall–Kier alpha value is -0.540. The van der Waals surface area contributed by atoms with Gasteiger partial charge < -0.3 is 10.6 Å². The van der Waals surface area contributed by atoms with Crippen molar-refractivity contribution in [3.63, 3.8) is 0 Å². The fourth-order valence-corrected chi connectivity index (χ4v) is 2.69. The molecule has 3 nitrogen and oxygen atoms in total. The van der Waals surface area contributed by atoms with Gasteiger partial charge in [-0.15, -0.1) is 0 Å². The lowest BCUT2D eigenvalue weighted by molar-refractivity contribution is 0.200. The molecule has 0 spiro atoms. The minimum Gasteiger partial charge on any atom is -0.374 e. The van der Waals surface area contributed by atoms with Crippen molar-refractivity contribution in [3.8, 4) is 0 Å². The number of piperidine rings is 2. The highest BCUT2D eigenvalue weighted by Gasteiger charge is 2.19. The van der Waals surface area contributed by atoms with Crippen molar-refractivity contribution in [2.45, 2.75) is 38.1 Å². The molecular weight excluding hydrogens is 198 g/mol. The first-order valence-corrected chi connectivity index (χ1v) is 6.66. The molecule has 0 aromatic carbocycles. The lowest BCUT2D eigenvalue weighted by atomic mass is 10.1. The van der Waals surface area contributed by atoms with E-state index in [1.807, 2.05) is 0 Å². The van der Waals surface area contributed by atoms with Gasteiger partial charge in [0, 0.05) is 31.4 Å². The molecule has 92 valence electrons. The van der Waals surface area contributed by atoms with Gasteiger partial charge in [0.1, 0.15) is 0 Å². The van der Waals surface area contributed by atoms with Crippen molar-refractivity contribution >= 4 is 0 Å². The zero-order chi connectivity index (χ0) is 11.4. The van der Waals surface area contributed by atoms with Crippen molar-refractivity contribution in [1.29, 1.82) is 0 Å². The molecule has 0 aromatic heterocycles. The molecule has 2 saturated heterocycles. The van der Waals surface area contributed by atoms with Gasteiger partial charge in [-0.1, -0.05) is 13.0 Å². The van der Waals surface area contributed by atoms with E-state index in [1.54, 1.807) is 0 Å². The normalized spacial score (nSPS) is 24.7. The van der Waals surface area contributed by atoms with Gasteiger partial charge in [0.25, 0.3) is 0 Å². The van der Waals surface area contributed by atoms with Crippen molar-refractivity contribution in [1.82, 2.24) is 9.80 Å². The van der Waals surface area contributed by atoms with Crippen LogP contribution in [-0.2, 0) is 0 Å². The van der Waals surface area contributed by atoms with Crippen LogP contribution in [0.2, 0.25) is 0 Å². The molecule has 2 heterocycles. The summed E-state index contributed by atoms with van der Waals surface area (Å²) in [4.78, 5) is 4.97. The van der Waals surface area contributed by atoms with E-state index >= 15 is 0 Å². The van der Waals surface area contributed by atoms with Gasteiger partial charge >= 0.3 is 0 Å². The van der Waals surface area contributed by atoms with E-state index in [2.05, 4.69) is 16.4 Å². The lowest BCUT2D eigenvalue weighted by Crippen LogP contribution is -2.42. The summed E-state index contributed by atoms with van der Waals surface area (Å²) in [6.07, 6.45) is 6.37. The minimum atomic E-state index is 0.416. The molecule has 2 rings (SSSR count). The van der Waals surface area contributed by atoms with E-state index in [9.17, 15) is 0 Å². The molecule has 2 N–H and O–H groups in total. The fourth-order valence-electron chi connectivity index (χ4n) is 2.69. The van der Waals surface area contributed by atoms with E-state index < -0.39 is 0 Å². The summed E-state index contributed by atoms with van der Waals surface area (Å²) in [6, 6.07) is 0.416. The fraction of sp³-hybridized carbons (Fsp3) is 0.846. The smallest absolute Gasteiger partial charge is 0.0377 e. The second kappa shape index (κ2) is 5.69. The summed E-state index contributed by atoms with van der Waals surface area (Å²) in [5.74, 6) is 0. The maximum atomic E-state index is 5.91. The molecule has 0 amide bonds. The average Bonchev–Trinajstić information content (AvgIpc) is 2.31. The first-order chi connectivity index (χ1) is 7.75. The summed E-state index contributed by atoms with van der Waals surface area (Å²) < 4.78 is 0. The van der Waals surface area contributed by atoms with Crippen molar-refractivity contribution in [2.24, 2.45) is 5.73 Å². The number of hydrogen-bond donors (Lipinski definition) is 1. The molecule has 0 saturated carbocycles. The van der Waals surface area contributed by atoms with Crippen LogP contribution in [0.5, 0.6) is 0 Å². The molecule has 0 atom stereocenters. The second-order valence-electron chi connectivity index (χ2n) is 5.23. The monoisotopic (exact) mass is 223 g/mol. The highest BCUT2D eigenvalue weighted by Crippen LogP contribution is 2.16. The lowest BCUT2D eigenvalue weighted by Gasteiger charge is -2.36. The van der Waals surface area contributed by atoms with Crippen LogP contribution in [-0.4, -0.2) is 48.6 Å². The Labute approximate surface area is 99.3 Å². The van der Waals surface area contributed by atoms with Gasteiger partial charge in [-0.25, -0.2) is 0 Å². The van der Waals surface area contributed by atoms with Crippen LogP contribution in [0.15, 0.2) is 12.3 Å². The zero-order valence-electron chi connectivity index (χ0n) is 10.3. The van der Waals surface area contributed by atoms with Crippen LogP contribution in [0, 0.1) is 0 Å². The summed E-state index contributed by atoms with van der Waals surface area (Å²) in [6.45, 7) is 10.0. The quantitative estimate of drug-likeness (QED) is 0.785. The second-order valence-corrected chi connectivity index (χ2v) is 5.23. The minimum absolute atomic E-state index is 0.416. The van der Waals surface area contributed by atoms with E-state index in [0.717, 1.165) is 32.5 Å². The van der Waals surface area contributed by atoms with Crippen molar-refractivity contribution in [2.75, 3.05) is 32.7 Å². The SMILES string of the molecule is C=C(CN1CCCCC1)N1CCC(N)CC1. The van der Waals surface area contributed by atoms with E-state index in [1.165, 1.54) is 38.0 Å². The Kier molecular flexibility index (Phi) is 4.24. The topological polar surface area (TPSA) is 32.5 Å². The van der Waals surface area contributed by atoms with Gasteiger partial charge in [0.2, 0.25) is 0 Å². The third-order valence-corrected chi connectivity index (χ3v) is 3.84. The molecule has 2 fully saturated rings. The number of nitrogens with two attached hydrogens (primary N) is 1. The molecule has 3 heteroatoms. The zero-order valence-corrected chi connectivity index (χ0v) is 10.3. The predicted molar refractivity (Wildman–Crippen MR) is 68.2 cm³/mol. The molecular formula is C13H25N3. The Bertz CT molecular complexity index is 225. The van der Waals surface area contributed by atoms with Crippen LogP contribution >= 0.6 is 0 Å². The summed E-state index contributed by atoms with van der Waals surface area (Å²) >= 11 is 0. The summed E-state index contributed by atoms with van der Waals surface area (Å²) in [5.41, 5.74) is 7.21. The molecule has 0 bridgehead atoms. The Morgan fingerprint density at radius 1 is 1.06 bits per heavy atom. The third kappa shape index (κ3) is 3.22. The van der Waals surface area contributed by atoms with E-state index in [4.69, 9.17) is 5.73 Å². The Morgan fingerprint density at radius 3 is 2.31 bits per heavy atom. The Morgan fingerprint density at radius 2 is 1.69 bits per heavy atom. The first-order valence-electron chi connectivity index (χ1n) is 6.66. The van der Waals surface area contributed by atoms with Crippen LogP contribution in [0.1, 0.15) is 32.1 Å². The number of rotatable bonds is 3. The van der Waals surface area contributed by atoms with Crippen LogP contribution in [0.3, 0.4) is 0 Å². The van der Waals surface area contributed by atoms with Crippen LogP contribution in [0.4, 0.5) is 0 Å². The van der Waals surface area contributed by atoms with Gasteiger partial charge in [0.15, 0.2) is 0 Å². The van der Waals surface area contributed by atoms with Crippen molar-refractivity contribution in [3.05, 3.63) is 12.3 Å². The molecule has 16 heavy (non-hydrogen) atoms. The number of likely N-dealkylation sites (tertiary alicyclic amines) is 2. The first kappa shape index (κ1) is 11.9. The number of nitrogens with zero attached hydrogens (tertiary/aromatic N) is 2. The highest BCUT2D eigenvalue weighted by molar-refractivity contribution is 4.99. The Balaban J connectivity index is 1.74. The van der Waals surface area contributed by atoms with Gasteiger partial charge in [0.05, 0.1) is 0 Å². The van der Waals surface area contributed by atoms with Crippen molar-refractivity contribution < 1.29 is 0 Å². The van der Waals surface area contributed by atoms with E-state index in [-0.39, 0.29) is 0 Å².